The van der Waals surface area contributed by atoms with Gasteiger partial charge in [-0.15, -0.1) is 0 Å². The second-order valence-corrected chi connectivity index (χ2v) is 8.87. The molecular formula is C18H21F3N4O3S. The van der Waals surface area contributed by atoms with Crippen LogP contribution in [0.2, 0.25) is 0 Å². The lowest BCUT2D eigenvalue weighted by atomic mass is 9.97. The first-order valence-electron chi connectivity index (χ1n) is 8.97. The minimum atomic E-state index is -4.50. The van der Waals surface area contributed by atoms with E-state index in [1.54, 1.807) is 18.5 Å². The molecule has 7 nitrogen and oxygen atoms in total. The molecule has 0 aliphatic carbocycles. The van der Waals surface area contributed by atoms with E-state index in [9.17, 15) is 26.4 Å². The van der Waals surface area contributed by atoms with Crippen molar-refractivity contribution in [3.8, 4) is 0 Å². The number of aromatic nitrogens is 2. The number of carbonyl (C=O) groups is 1. The van der Waals surface area contributed by atoms with Gasteiger partial charge in [0.25, 0.3) is 10.0 Å². The molecule has 2 aromatic rings. The molecule has 0 spiro atoms. The highest BCUT2D eigenvalue weighted by atomic mass is 32.2. The molecule has 1 aromatic heterocycles. The molecule has 0 radical (unpaired) electrons. The monoisotopic (exact) mass is 430 g/mol. The molecule has 3 rings (SSSR count). The highest BCUT2D eigenvalue weighted by molar-refractivity contribution is 7.89. The number of alkyl halides is 3. The SMILES string of the molecule is Cc1nc(S(=O)(=O)N2CCC(C(=O)Nc3cccc(C(F)(F)F)c3)CC2)cn1C. The first-order valence-corrected chi connectivity index (χ1v) is 10.4. The molecule has 1 saturated heterocycles. The normalized spacial score (nSPS) is 16.7. The van der Waals surface area contributed by atoms with Gasteiger partial charge in [-0.05, 0) is 38.0 Å². The van der Waals surface area contributed by atoms with Gasteiger partial charge >= 0.3 is 6.18 Å². The highest BCUT2D eigenvalue weighted by Crippen LogP contribution is 2.31. The summed E-state index contributed by atoms with van der Waals surface area (Å²) in [5.41, 5.74) is -0.786. The van der Waals surface area contributed by atoms with E-state index in [4.69, 9.17) is 0 Å². The zero-order valence-corrected chi connectivity index (χ0v) is 16.7. The fraction of sp³-hybridized carbons (Fsp3) is 0.444. The van der Waals surface area contributed by atoms with Crippen molar-refractivity contribution in [1.29, 1.82) is 0 Å². The van der Waals surface area contributed by atoms with Crippen LogP contribution in [-0.2, 0) is 28.0 Å². The summed E-state index contributed by atoms with van der Waals surface area (Å²) in [5, 5.41) is 2.46. The predicted octanol–water partition coefficient (Wildman–Crippen LogP) is 2.79. The largest absolute Gasteiger partial charge is 0.416 e. The number of aryl methyl sites for hydroxylation is 2. The molecule has 2 heterocycles. The number of halogens is 3. The topological polar surface area (TPSA) is 84.3 Å². The van der Waals surface area contributed by atoms with Gasteiger partial charge < -0.3 is 9.88 Å². The highest BCUT2D eigenvalue weighted by Gasteiger charge is 2.34. The lowest BCUT2D eigenvalue weighted by Gasteiger charge is -2.30. The van der Waals surface area contributed by atoms with Crippen molar-refractivity contribution >= 4 is 21.6 Å². The van der Waals surface area contributed by atoms with E-state index in [1.807, 2.05) is 0 Å². The van der Waals surface area contributed by atoms with Crippen LogP contribution in [0.15, 0.2) is 35.5 Å². The van der Waals surface area contributed by atoms with Gasteiger partial charge in [0.1, 0.15) is 5.82 Å². The zero-order valence-electron chi connectivity index (χ0n) is 15.9. The summed E-state index contributed by atoms with van der Waals surface area (Å²) in [7, 11) is -2.05. The van der Waals surface area contributed by atoms with Gasteiger partial charge in [-0.1, -0.05) is 6.07 Å². The van der Waals surface area contributed by atoms with Gasteiger partial charge in [0.15, 0.2) is 5.03 Å². The Kier molecular flexibility index (Phi) is 5.72. The third-order valence-corrected chi connectivity index (χ3v) is 6.74. The molecule has 0 atom stereocenters. The van der Waals surface area contributed by atoms with Gasteiger partial charge in [-0.2, -0.15) is 17.5 Å². The third kappa shape index (κ3) is 4.61. The van der Waals surface area contributed by atoms with Crippen molar-refractivity contribution in [3.63, 3.8) is 0 Å². The van der Waals surface area contributed by atoms with Crippen molar-refractivity contribution in [3.05, 3.63) is 41.9 Å². The van der Waals surface area contributed by atoms with Gasteiger partial charge in [0.05, 0.1) is 5.56 Å². The average Bonchev–Trinajstić information content (AvgIpc) is 3.01. The molecule has 29 heavy (non-hydrogen) atoms. The number of rotatable bonds is 4. The summed E-state index contributed by atoms with van der Waals surface area (Å²) in [6.45, 7) is 1.97. The van der Waals surface area contributed by atoms with E-state index in [1.165, 1.54) is 22.6 Å². The number of nitrogens with zero attached hydrogens (tertiary/aromatic N) is 3. The Morgan fingerprint density at radius 2 is 1.90 bits per heavy atom. The van der Waals surface area contributed by atoms with Crippen LogP contribution in [0.3, 0.4) is 0 Å². The number of carbonyl (C=O) groups excluding carboxylic acids is 1. The van der Waals surface area contributed by atoms with Crippen molar-refractivity contribution in [2.45, 2.75) is 31.0 Å². The summed E-state index contributed by atoms with van der Waals surface area (Å²) < 4.78 is 66.7. The Morgan fingerprint density at radius 3 is 2.45 bits per heavy atom. The second-order valence-electron chi connectivity index (χ2n) is 6.98. The third-order valence-electron chi connectivity index (χ3n) is 4.97. The van der Waals surface area contributed by atoms with Crippen LogP contribution in [0.4, 0.5) is 18.9 Å². The fourth-order valence-corrected chi connectivity index (χ4v) is 4.65. The molecule has 0 saturated carbocycles. The minimum absolute atomic E-state index is 0.0376. The number of amides is 1. The molecule has 1 amide bonds. The van der Waals surface area contributed by atoms with E-state index in [-0.39, 0.29) is 36.6 Å². The molecule has 1 aliphatic heterocycles. The maximum Gasteiger partial charge on any atom is 0.416 e. The average molecular weight is 430 g/mol. The van der Waals surface area contributed by atoms with Crippen LogP contribution in [0.5, 0.6) is 0 Å². The Morgan fingerprint density at radius 1 is 1.24 bits per heavy atom. The summed E-state index contributed by atoms with van der Waals surface area (Å²) in [5.74, 6) is -0.338. The molecule has 1 fully saturated rings. The molecule has 0 bridgehead atoms. The lowest BCUT2D eigenvalue weighted by molar-refractivity contribution is -0.137. The molecule has 0 unspecified atom stereocenters. The first kappa shape index (κ1) is 21.3. The van der Waals surface area contributed by atoms with Gasteiger partial charge in [0.2, 0.25) is 5.91 Å². The van der Waals surface area contributed by atoms with E-state index in [0.29, 0.717) is 5.82 Å². The van der Waals surface area contributed by atoms with Crippen molar-refractivity contribution in [2.75, 3.05) is 18.4 Å². The van der Waals surface area contributed by atoms with Crippen LogP contribution in [0, 0.1) is 12.8 Å². The van der Waals surface area contributed by atoms with E-state index >= 15 is 0 Å². The molecular weight excluding hydrogens is 409 g/mol. The smallest absolute Gasteiger partial charge is 0.337 e. The summed E-state index contributed by atoms with van der Waals surface area (Å²) in [6.07, 6.45) is -2.51. The molecule has 1 N–H and O–H groups in total. The number of benzene rings is 1. The van der Waals surface area contributed by atoms with Crippen LogP contribution in [0.25, 0.3) is 0 Å². The van der Waals surface area contributed by atoms with Crippen molar-refractivity contribution < 1.29 is 26.4 Å². The van der Waals surface area contributed by atoms with Crippen LogP contribution in [-0.4, -0.2) is 41.3 Å². The van der Waals surface area contributed by atoms with Crippen molar-refractivity contribution in [1.82, 2.24) is 13.9 Å². The summed E-state index contributed by atoms with van der Waals surface area (Å²) >= 11 is 0. The van der Waals surface area contributed by atoms with Crippen LogP contribution >= 0.6 is 0 Å². The Balaban J connectivity index is 1.63. The second kappa shape index (κ2) is 7.79. The number of sulfonamides is 1. The minimum Gasteiger partial charge on any atom is -0.337 e. The molecule has 11 heteroatoms. The van der Waals surface area contributed by atoms with E-state index < -0.39 is 33.6 Å². The predicted molar refractivity (Wildman–Crippen MR) is 99.5 cm³/mol. The van der Waals surface area contributed by atoms with E-state index in [2.05, 4.69) is 10.3 Å². The Bertz CT molecular complexity index is 990. The Hall–Kier alpha value is -2.40. The maximum absolute atomic E-state index is 12.8. The van der Waals surface area contributed by atoms with Gasteiger partial charge in [0, 0.05) is 37.9 Å². The standard InChI is InChI=1S/C18H21F3N4O3S/c1-12-22-16(11-24(12)2)29(27,28)25-8-6-13(7-9-25)17(26)23-15-5-3-4-14(10-15)18(19,20)21/h3-5,10-11,13H,6-9H2,1-2H3,(H,23,26). The fourth-order valence-electron chi connectivity index (χ4n) is 3.16. The summed E-state index contributed by atoms with van der Waals surface area (Å²) in [4.78, 5) is 16.5. The number of hydrogen-bond acceptors (Lipinski definition) is 4. The zero-order chi connectivity index (χ0) is 21.4. The number of nitrogens with one attached hydrogen (secondary N) is 1. The van der Waals surface area contributed by atoms with E-state index in [0.717, 1.165) is 12.1 Å². The summed E-state index contributed by atoms with van der Waals surface area (Å²) in [6, 6.07) is 4.41. The van der Waals surface area contributed by atoms with Gasteiger partial charge in [-0.3, -0.25) is 4.79 Å². The first-order chi connectivity index (χ1) is 13.5. The van der Waals surface area contributed by atoms with Crippen molar-refractivity contribution in [2.24, 2.45) is 13.0 Å². The molecule has 158 valence electrons. The Labute approximate surface area is 166 Å². The van der Waals surface area contributed by atoms with Crippen LogP contribution < -0.4 is 5.32 Å². The lowest BCUT2D eigenvalue weighted by Crippen LogP contribution is -2.41. The molecule has 1 aliphatic rings. The number of anilines is 1. The number of hydrogen-bond donors (Lipinski definition) is 1. The maximum atomic E-state index is 12.8. The number of imidazole rings is 1. The van der Waals surface area contributed by atoms with Crippen LogP contribution in [0.1, 0.15) is 24.2 Å². The quantitative estimate of drug-likeness (QED) is 0.809. The number of piperidine rings is 1. The van der Waals surface area contributed by atoms with Gasteiger partial charge in [-0.25, -0.2) is 13.4 Å². The molecule has 1 aromatic carbocycles.